The van der Waals surface area contributed by atoms with Crippen LogP contribution in [-0.2, 0) is 9.53 Å². The molecule has 1 saturated heterocycles. The monoisotopic (exact) mass is 202 g/mol. The van der Waals surface area contributed by atoms with E-state index >= 15 is 0 Å². The van der Waals surface area contributed by atoms with Crippen molar-refractivity contribution in [2.45, 2.75) is 25.0 Å². The standard InChI is InChI=1S/C9H18N2O3/c1-10-8(9(12)13)6-11-5-7-3-2-4-14-7/h7-8,10-11H,2-6H2,1H3,(H,12,13). The number of rotatable bonds is 6. The third-order valence-electron chi connectivity index (χ3n) is 2.39. The van der Waals surface area contributed by atoms with Crippen LogP contribution >= 0.6 is 0 Å². The zero-order chi connectivity index (χ0) is 10.4. The molecular weight excluding hydrogens is 184 g/mol. The fourth-order valence-electron chi connectivity index (χ4n) is 1.51. The molecule has 5 heteroatoms. The van der Waals surface area contributed by atoms with Gasteiger partial charge in [-0.2, -0.15) is 0 Å². The average molecular weight is 202 g/mol. The molecule has 1 heterocycles. The molecule has 0 radical (unpaired) electrons. The number of likely N-dealkylation sites (N-methyl/N-ethyl adjacent to an activating group) is 1. The number of aliphatic carboxylic acids is 1. The highest BCUT2D eigenvalue weighted by molar-refractivity contribution is 5.73. The van der Waals surface area contributed by atoms with Crippen molar-refractivity contribution in [3.8, 4) is 0 Å². The molecule has 1 aliphatic rings. The van der Waals surface area contributed by atoms with Gasteiger partial charge >= 0.3 is 5.97 Å². The third-order valence-corrected chi connectivity index (χ3v) is 2.39. The zero-order valence-electron chi connectivity index (χ0n) is 8.45. The number of hydrogen-bond donors (Lipinski definition) is 3. The lowest BCUT2D eigenvalue weighted by Gasteiger charge is -2.14. The van der Waals surface area contributed by atoms with Crippen LogP contribution in [0, 0.1) is 0 Å². The molecule has 1 rings (SSSR count). The van der Waals surface area contributed by atoms with Gasteiger partial charge < -0.3 is 20.5 Å². The van der Waals surface area contributed by atoms with Crippen molar-refractivity contribution in [3.63, 3.8) is 0 Å². The van der Waals surface area contributed by atoms with Crippen molar-refractivity contribution in [3.05, 3.63) is 0 Å². The average Bonchev–Trinajstić information content (AvgIpc) is 2.64. The number of carbonyl (C=O) groups is 1. The van der Waals surface area contributed by atoms with Gasteiger partial charge in [0.05, 0.1) is 6.10 Å². The molecule has 0 bridgehead atoms. The van der Waals surface area contributed by atoms with E-state index in [1.165, 1.54) is 0 Å². The molecule has 82 valence electrons. The van der Waals surface area contributed by atoms with E-state index in [0.717, 1.165) is 26.0 Å². The highest BCUT2D eigenvalue weighted by Crippen LogP contribution is 2.10. The van der Waals surface area contributed by atoms with Gasteiger partial charge in [0.2, 0.25) is 0 Å². The molecule has 2 unspecified atom stereocenters. The van der Waals surface area contributed by atoms with Gasteiger partial charge in [0.15, 0.2) is 0 Å². The minimum absolute atomic E-state index is 0.265. The van der Waals surface area contributed by atoms with Gasteiger partial charge in [-0.05, 0) is 19.9 Å². The van der Waals surface area contributed by atoms with Crippen molar-refractivity contribution in [1.82, 2.24) is 10.6 Å². The Kier molecular flexibility index (Phi) is 4.86. The first-order valence-electron chi connectivity index (χ1n) is 4.96. The smallest absolute Gasteiger partial charge is 0.322 e. The molecule has 1 aliphatic heterocycles. The van der Waals surface area contributed by atoms with Crippen LogP contribution in [0.15, 0.2) is 0 Å². The fourth-order valence-corrected chi connectivity index (χ4v) is 1.51. The summed E-state index contributed by atoms with van der Waals surface area (Å²) in [5.41, 5.74) is 0. The van der Waals surface area contributed by atoms with E-state index in [9.17, 15) is 4.79 Å². The van der Waals surface area contributed by atoms with Crippen LogP contribution in [0.1, 0.15) is 12.8 Å². The molecule has 0 amide bonds. The Labute approximate surface area is 83.8 Å². The van der Waals surface area contributed by atoms with Crippen LogP contribution in [0.3, 0.4) is 0 Å². The van der Waals surface area contributed by atoms with E-state index in [0.29, 0.717) is 6.54 Å². The largest absolute Gasteiger partial charge is 0.480 e. The Bertz CT molecular complexity index is 181. The SMILES string of the molecule is CNC(CNCC1CCCO1)C(=O)O. The van der Waals surface area contributed by atoms with E-state index in [4.69, 9.17) is 9.84 Å². The first-order valence-corrected chi connectivity index (χ1v) is 4.96. The van der Waals surface area contributed by atoms with Crippen molar-refractivity contribution in [1.29, 1.82) is 0 Å². The van der Waals surface area contributed by atoms with Crippen LogP contribution in [0.25, 0.3) is 0 Å². The summed E-state index contributed by atoms with van der Waals surface area (Å²) in [4.78, 5) is 10.6. The predicted molar refractivity (Wildman–Crippen MR) is 52.3 cm³/mol. The molecule has 0 aliphatic carbocycles. The van der Waals surface area contributed by atoms with Crippen LogP contribution < -0.4 is 10.6 Å². The second-order valence-electron chi connectivity index (χ2n) is 3.47. The molecule has 0 aromatic rings. The van der Waals surface area contributed by atoms with Crippen molar-refractivity contribution < 1.29 is 14.6 Å². The molecular formula is C9H18N2O3. The first kappa shape index (κ1) is 11.4. The van der Waals surface area contributed by atoms with Crippen molar-refractivity contribution in [2.75, 3.05) is 26.7 Å². The zero-order valence-corrected chi connectivity index (χ0v) is 8.45. The van der Waals surface area contributed by atoms with Gasteiger partial charge in [0.1, 0.15) is 6.04 Å². The van der Waals surface area contributed by atoms with E-state index in [1.54, 1.807) is 7.05 Å². The Morgan fingerprint density at radius 3 is 3.00 bits per heavy atom. The summed E-state index contributed by atoms with van der Waals surface area (Å²) in [6.45, 7) is 2.01. The van der Waals surface area contributed by atoms with Gasteiger partial charge in [-0.25, -0.2) is 0 Å². The lowest BCUT2D eigenvalue weighted by atomic mass is 10.2. The molecule has 3 N–H and O–H groups in total. The van der Waals surface area contributed by atoms with E-state index in [2.05, 4.69) is 10.6 Å². The molecule has 0 spiro atoms. The fraction of sp³-hybridized carbons (Fsp3) is 0.889. The maximum absolute atomic E-state index is 10.6. The normalized spacial score (nSPS) is 23.6. The van der Waals surface area contributed by atoms with Crippen molar-refractivity contribution in [2.24, 2.45) is 0 Å². The molecule has 1 fully saturated rings. The maximum atomic E-state index is 10.6. The lowest BCUT2D eigenvalue weighted by Crippen LogP contribution is -2.44. The number of carboxylic acid groups (broad SMARTS) is 1. The summed E-state index contributed by atoms with van der Waals surface area (Å²) in [6.07, 6.45) is 2.45. The summed E-state index contributed by atoms with van der Waals surface area (Å²) in [7, 11) is 1.65. The predicted octanol–water partition coefficient (Wildman–Crippen LogP) is -0.572. The Balaban J connectivity index is 2.09. The second kappa shape index (κ2) is 5.95. The topological polar surface area (TPSA) is 70.6 Å². The Hall–Kier alpha value is -0.650. The number of hydrogen-bond acceptors (Lipinski definition) is 4. The van der Waals surface area contributed by atoms with Gasteiger partial charge in [-0.1, -0.05) is 0 Å². The lowest BCUT2D eigenvalue weighted by molar-refractivity contribution is -0.139. The van der Waals surface area contributed by atoms with Crippen LogP contribution in [0.5, 0.6) is 0 Å². The van der Waals surface area contributed by atoms with Gasteiger partial charge in [-0.15, -0.1) is 0 Å². The van der Waals surface area contributed by atoms with E-state index in [1.807, 2.05) is 0 Å². The summed E-state index contributed by atoms with van der Waals surface area (Å²) >= 11 is 0. The van der Waals surface area contributed by atoms with E-state index in [-0.39, 0.29) is 6.10 Å². The maximum Gasteiger partial charge on any atom is 0.322 e. The third kappa shape index (κ3) is 3.61. The van der Waals surface area contributed by atoms with Gasteiger partial charge in [0.25, 0.3) is 0 Å². The number of carboxylic acids is 1. The summed E-state index contributed by atoms with van der Waals surface area (Å²) < 4.78 is 5.40. The second-order valence-corrected chi connectivity index (χ2v) is 3.47. The summed E-state index contributed by atoms with van der Waals surface area (Å²) in [5, 5.41) is 14.5. The minimum Gasteiger partial charge on any atom is -0.480 e. The van der Waals surface area contributed by atoms with Crippen LogP contribution in [0.2, 0.25) is 0 Å². The Morgan fingerprint density at radius 2 is 2.50 bits per heavy atom. The molecule has 0 aromatic carbocycles. The molecule has 14 heavy (non-hydrogen) atoms. The van der Waals surface area contributed by atoms with Crippen LogP contribution in [0.4, 0.5) is 0 Å². The van der Waals surface area contributed by atoms with Crippen molar-refractivity contribution >= 4 is 5.97 Å². The number of nitrogens with one attached hydrogen (secondary N) is 2. The Morgan fingerprint density at radius 1 is 1.71 bits per heavy atom. The highest BCUT2D eigenvalue weighted by atomic mass is 16.5. The van der Waals surface area contributed by atoms with E-state index < -0.39 is 12.0 Å². The first-order chi connectivity index (χ1) is 6.74. The van der Waals surface area contributed by atoms with Crippen LogP contribution in [-0.4, -0.2) is 50.0 Å². The summed E-state index contributed by atoms with van der Waals surface area (Å²) in [5.74, 6) is -0.827. The number of ether oxygens (including phenoxy) is 1. The molecule has 0 aromatic heterocycles. The summed E-state index contributed by atoms with van der Waals surface area (Å²) in [6, 6.07) is -0.517. The van der Waals surface area contributed by atoms with Gasteiger partial charge in [-0.3, -0.25) is 4.79 Å². The molecule has 0 saturated carbocycles. The minimum atomic E-state index is -0.827. The highest BCUT2D eigenvalue weighted by Gasteiger charge is 2.17. The van der Waals surface area contributed by atoms with Gasteiger partial charge in [0, 0.05) is 19.7 Å². The quantitative estimate of drug-likeness (QED) is 0.538. The molecule has 5 nitrogen and oxygen atoms in total. The molecule has 2 atom stereocenters.